The van der Waals surface area contributed by atoms with E-state index >= 15 is 0 Å². The first-order chi connectivity index (χ1) is 9.06. The number of rotatable bonds is 6. The van der Waals surface area contributed by atoms with Crippen LogP contribution in [0.25, 0.3) is 0 Å². The van der Waals surface area contributed by atoms with Crippen molar-refractivity contribution in [2.75, 3.05) is 10.6 Å². The van der Waals surface area contributed by atoms with E-state index in [1.54, 1.807) is 31.2 Å². The summed E-state index contributed by atoms with van der Waals surface area (Å²) in [4.78, 5) is 22.9. The summed E-state index contributed by atoms with van der Waals surface area (Å²) < 4.78 is 0. The third-order valence-corrected chi connectivity index (χ3v) is 2.69. The molecule has 0 spiro atoms. The summed E-state index contributed by atoms with van der Waals surface area (Å²) in [6, 6.07) is 6.48. The zero-order valence-corrected chi connectivity index (χ0v) is 12.6. The molecule has 2 amide bonds. The number of benzene rings is 1. The number of carbonyl (C=O) groups excluding carboxylic acids is 2. The van der Waals surface area contributed by atoms with Crippen LogP contribution < -0.4 is 16.4 Å². The van der Waals surface area contributed by atoms with E-state index in [0.29, 0.717) is 24.2 Å². The molecule has 0 aliphatic carbocycles. The highest BCUT2D eigenvalue weighted by atomic mass is 35.5. The van der Waals surface area contributed by atoms with E-state index in [2.05, 4.69) is 10.6 Å². The first-order valence-electron chi connectivity index (χ1n) is 6.53. The van der Waals surface area contributed by atoms with Gasteiger partial charge in [-0.15, -0.1) is 12.4 Å². The standard InChI is InChI=1S/C14H21N3O2.ClH/c1-3-5-12(15)14(19)17-11-8-6-10(7-9-11)16-13(18)4-2;/h6-9,12H,3-5,15H2,1-2H3,(H,16,18)(H,17,19);1H. The first kappa shape index (κ1) is 18.4. The van der Waals surface area contributed by atoms with Gasteiger partial charge in [0, 0.05) is 17.8 Å². The lowest BCUT2D eigenvalue weighted by Crippen LogP contribution is -2.35. The number of nitrogens with one attached hydrogen (secondary N) is 2. The first-order valence-corrected chi connectivity index (χ1v) is 6.53. The molecule has 20 heavy (non-hydrogen) atoms. The number of hydrogen-bond donors (Lipinski definition) is 3. The van der Waals surface area contributed by atoms with Gasteiger partial charge >= 0.3 is 0 Å². The second-order valence-corrected chi connectivity index (χ2v) is 4.36. The Balaban J connectivity index is 0.00000361. The van der Waals surface area contributed by atoms with Crippen LogP contribution in [0.3, 0.4) is 0 Å². The van der Waals surface area contributed by atoms with Gasteiger partial charge in [-0.05, 0) is 30.7 Å². The molecule has 0 heterocycles. The predicted molar refractivity (Wildman–Crippen MR) is 84.1 cm³/mol. The lowest BCUT2D eigenvalue weighted by molar-refractivity contribution is -0.117. The predicted octanol–water partition coefficient (Wildman–Crippen LogP) is 2.52. The van der Waals surface area contributed by atoms with Crippen molar-refractivity contribution >= 4 is 35.6 Å². The SMILES string of the molecule is CCCC(N)C(=O)Nc1ccc(NC(=O)CC)cc1.Cl. The van der Waals surface area contributed by atoms with Gasteiger partial charge in [0.1, 0.15) is 0 Å². The molecule has 4 N–H and O–H groups in total. The molecule has 1 aromatic carbocycles. The third-order valence-electron chi connectivity index (χ3n) is 2.69. The highest BCUT2D eigenvalue weighted by Crippen LogP contribution is 2.14. The van der Waals surface area contributed by atoms with Gasteiger partial charge in [0.15, 0.2) is 0 Å². The molecule has 0 aliphatic rings. The molecule has 1 unspecified atom stereocenters. The Morgan fingerprint density at radius 2 is 1.60 bits per heavy atom. The summed E-state index contributed by atoms with van der Waals surface area (Å²) in [5.41, 5.74) is 7.10. The molecule has 5 nitrogen and oxygen atoms in total. The molecule has 0 radical (unpaired) electrons. The topological polar surface area (TPSA) is 84.2 Å². The van der Waals surface area contributed by atoms with Crippen LogP contribution in [-0.4, -0.2) is 17.9 Å². The smallest absolute Gasteiger partial charge is 0.241 e. The summed E-state index contributed by atoms with van der Waals surface area (Å²) in [5, 5.41) is 5.48. The number of nitrogens with two attached hydrogens (primary N) is 1. The Hall–Kier alpha value is -1.59. The maximum absolute atomic E-state index is 11.7. The van der Waals surface area contributed by atoms with Gasteiger partial charge in [0.05, 0.1) is 6.04 Å². The maximum atomic E-state index is 11.7. The van der Waals surface area contributed by atoms with Gasteiger partial charge < -0.3 is 16.4 Å². The van der Waals surface area contributed by atoms with Crippen LogP contribution in [0.1, 0.15) is 33.1 Å². The Morgan fingerprint density at radius 3 is 2.05 bits per heavy atom. The number of carbonyl (C=O) groups is 2. The van der Waals surface area contributed by atoms with E-state index in [-0.39, 0.29) is 24.2 Å². The molecule has 1 aromatic rings. The summed E-state index contributed by atoms with van der Waals surface area (Å²) in [7, 11) is 0. The molecule has 0 saturated carbocycles. The van der Waals surface area contributed by atoms with Gasteiger partial charge in [0.25, 0.3) is 0 Å². The lowest BCUT2D eigenvalue weighted by atomic mass is 10.1. The molecule has 0 bridgehead atoms. The molecule has 1 atom stereocenters. The van der Waals surface area contributed by atoms with Gasteiger partial charge in [-0.2, -0.15) is 0 Å². The van der Waals surface area contributed by atoms with Gasteiger partial charge in [-0.3, -0.25) is 9.59 Å². The third kappa shape index (κ3) is 6.04. The Labute approximate surface area is 125 Å². The Kier molecular flexibility index (Phi) is 8.59. The monoisotopic (exact) mass is 299 g/mol. The van der Waals surface area contributed by atoms with E-state index in [1.807, 2.05) is 6.92 Å². The largest absolute Gasteiger partial charge is 0.326 e. The van der Waals surface area contributed by atoms with Crippen LogP contribution in [0.4, 0.5) is 11.4 Å². The number of hydrogen-bond acceptors (Lipinski definition) is 3. The minimum atomic E-state index is -0.482. The fraction of sp³-hybridized carbons (Fsp3) is 0.429. The normalized spacial score (nSPS) is 11.2. The zero-order chi connectivity index (χ0) is 14.3. The quantitative estimate of drug-likeness (QED) is 0.754. The van der Waals surface area contributed by atoms with E-state index in [0.717, 1.165) is 6.42 Å². The molecular weight excluding hydrogens is 278 g/mol. The summed E-state index contributed by atoms with van der Waals surface area (Å²) >= 11 is 0. The van der Waals surface area contributed by atoms with Crippen LogP contribution >= 0.6 is 12.4 Å². The van der Waals surface area contributed by atoms with E-state index < -0.39 is 6.04 Å². The van der Waals surface area contributed by atoms with Crippen molar-refractivity contribution in [1.82, 2.24) is 0 Å². The van der Waals surface area contributed by atoms with E-state index in [1.165, 1.54) is 0 Å². The van der Waals surface area contributed by atoms with Gasteiger partial charge in [0.2, 0.25) is 11.8 Å². The van der Waals surface area contributed by atoms with Crippen molar-refractivity contribution in [3.8, 4) is 0 Å². The van der Waals surface area contributed by atoms with Crippen LogP contribution in [0.2, 0.25) is 0 Å². The van der Waals surface area contributed by atoms with Crippen molar-refractivity contribution in [1.29, 1.82) is 0 Å². The second-order valence-electron chi connectivity index (χ2n) is 4.36. The second kappa shape index (κ2) is 9.34. The lowest BCUT2D eigenvalue weighted by Gasteiger charge is -2.11. The van der Waals surface area contributed by atoms with Crippen LogP contribution in [-0.2, 0) is 9.59 Å². The highest BCUT2D eigenvalue weighted by Gasteiger charge is 2.12. The van der Waals surface area contributed by atoms with Gasteiger partial charge in [-0.25, -0.2) is 0 Å². The minimum Gasteiger partial charge on any atom is -0.326 e. The minimum absolute atomic E-state index is 0. The molecule has 0 aliphatic heterocycles. The van der Waals surface area contributed by atoms with Crippen molar-refractivity contribution in [2.24, 2.45) is 5.73 Å². The molecule has 0 aromatic heterocycles. The average Bonchev–Trinajstić information content (AvgIpc) is 2.41. The van der Waals surface area contributed by atoms with Crippen molar-refractivity contribution in [3.05, 3.63) is 24.3 Å². The number of anilines is 2. The summed E-state index contributed by atoms with van der Waals surface area (Å²) in [5.74, 6) is -0.228. The van der Waals surface area contributed by atoms with E-state index in [9.17, 15) is 9.59 Å². The van der Waals surface area contributed by atoms with Crippen LogP contribution in [0.5, 0.6) is 0 Å². The van der Waals surface area contributed by atoms with Gasteiger partial charge in [-0.1, -0.05) is 20.3 Å². The van der Waals surface area contributed by atoms with Crippen molar-refractivity contribution in [2.45, 2.75) is 39.2 Å². The maximum Gasteiger partial charge on any atom is 0.241 e. The zero-order valence-electron chi connectivity index (χ0n) is 11.8. The fourth-order valence-corrected chi connectivity index (χ4v) is 1.56. The molecule has 0 saturated heterocycles. The molecule has 6 heteroatoms. The van der Waals surface area contributed by atoms with Crippen LogP contribution in [0.15, 0.2) is 24.3 Å². The molecule has 0 fully saturated rings. The highest BCUT2D eigenvalue weighted by molar-refractivity contribution is 5.95. The van der Waals surface area contributed by atoms with Crippen molar-refractivity contribution in [3.63, 3.8) is 0 Å². The molecular formula is C14H22ClN3O2. The summed E-state index contributed by atoms with van der Waals surface area (Å²) in [6.07, 6.45) is 1.97. The average molecular weight is 300 g/mol. The Morgan fingerprint density at radius 1 is 1.10 bits per heavy atom. The molecule has 112 valence electrons. The molecule has 1 rings (SSSR count). The Bertz CT molecular complexity index is 435. The van der Waals surface area contributed by atoms with Crippen molar-refractivity contribution < 1.29 is 9.59 Å². The number of halogens is 1. The fourth-order valence-electron chi connectivity index (χ4n) is 1.56. The summed E-state index contributed by atoms with van der Waals surface area (Å²) in [6.45, 7) is 3.78. The number of amides is 2. The van der Waals surface area contributed by atoms with Crippen LogP contribution in [0, 0.1) is 0 Å². The van der Waals surface area contributed by atoms with E-state index in [4.69, 9.17) is 5.73 Å².